The molecule has 0 atom stereocenters. The van der Waals surface area contributed by atoms with Crippen molar-refractivity contribution in [1.82, 2.24) is 4.90 Å². The summed E-state index contributed by atoms with van der Waals surface area (Å²) in [6.07, 6.45) is 0. The third-order valence-corrected chi connectivity index (χ3v) is 3.34. The lowest BCUT2D eigenvalue weighted by atomic mass is 10.1. The van der Waals surface area contributed by atoms with E-state index in [0.717, 1.165) is 0 Å². The van der Waals surface area contributed by atoms with E-state index in [2.05, 4.69) is 0 Å². The lowest BCUT2D eigenvalue weighted by Crippen LogP contribution is -2.21. The number of benzene rings is 1. The summed E-state index contributed by atoms with van der Waals surface area (Å²) in [6, 6.07) is 4.67. The first-order chi connectivity index (χ1) is 6.91. The predicted octanol–water partition coefficient (Wildman–Crippen LogP) is -0.0804. The molecule has 1 heterocycles. The molecule has 1 aliphatic heterocycles. The van der Waals surface area contributed by atoms with E-state index in [-0.39, 0.29) is 16.4 Å². The Bertz CT molecular complexity index is 536. The molecule has 1 aliphatic rings. The topological polar surface area (TPSA) is 80.5 Å². The van der Waals surface area contributed by atoms with Crippen molar-refractivity contribution in [2.75, 3.05) is 7.05 Å². The van der Waals surface area contributed by atoms with Crippen LogP contribution in [-0.4, -0.2) is 26.3 Å². The molecule has 6 heteroatoms. The first kappa shape index (κ1) is 10.1. The van der Waals surface area contributed by atoms with Crippen LogP contribution in [0.5, 0.6) is 0 Å². The number of sulfonamides is 1. The molecule has 0 aliphatic carbocycles. The van der Waals surface area contributed by atoms with Crippen LogP contribution in [0.1, 0.15) is 15.9 Å². The average molecular weight is 226 g/mol. The molecule has 5 nitrogen and oxygen atoms in total. The molecule has 0 fully saturated rings. The van der Waals surface area contributed by atoms with Crippen molar-refractivity contribution >= 4 is 15.9 Å². The summed E-state index contributed by atoms with van der Waals surface area (Å²) in [6.45, 7) is 0.428. The van der Waals surface area contributed by atoms with Gasteiger partial charge in [0, 0.05) is 13.6 Å². The SMILES string of the molecule is CN1Cc2cccc(S(N)(=O)=O)c2C1=O. The Kier molecular flexibility index (Phi) is 2.06. The van der Waals surface area contributed by atoms with Crippen molar-refractivity contribution in [3.05, 3.63) is 29.3 Å². The zero-order valence-electron chi connectivity index (χ0n) is 8.10. The Morgan fingerprint density at radius 1 is 1.40 bits per heavy atom. The van der Waals surface area contributed by atoms with E-state index in [1.165, 1.54) is 11.0 Å². The van der Waals surface area contributed by atoms with Gasteiger partial charge in [-0.15, -0.1) is 0 Å². The molecule has 1 aromatic rings. The zero-order chi connectivity index (χ0) is 11.2. The van der Waals surface area contributed by atoms with E-state index in [4.69, 9.17) is 5.14 Å². The molecule has 2 rings (SSSR count). The molecular weight excluding hydrogens is 216 g/mol. The number of fused-ring (bicyclic) bond motifs is 1. The van der Waals surface area contributed by atoms with Crippen molar-refractivity contribution in [3.8, 4) is 0 Å². The van der Waals surface area contributed by atoms with E-state index in [9.17, 15) is 13.2 Å². The Hall–Kier alpha value is -1.40. The molecule has 0 radical (unpaired) electrons. The highest BCUT2D eigenvalue weighted by Crippen LogP contribution is 2.26. The monoisotopic (exact) mass is 226 g/mol. The van der Waals surface area contributed by atoms with Crippen LogP contribution >= 0.6 is 0 Å². The highest BCUT2D eigenvalue weighted by atomic mass is 32.2. The van der Waals surface area contributed by atoms with Gasteiger partial charge in [0.25, 0.3) is 5.91 Å². The van der Waals surface area contributed by atoms with Gasteiger partial charge in [0.1, 0.15) is 0 Å². The number of rotatable bonds is 1. The molecule has 1 amide bonds. The summed E-state index contributed by atoms with van der Waals surface area (Å²) in [5, 5.41) is 5.04. The van der Waals surface area contributed by atoms with E-state index >= 15 is 0 Å². The third-order valence-electron chi connectivity index (χ3n) is 2.39. The minimum atomic E-state index is -3.83. The standard InChI is InChI=1S/C9H10N2O3S/c1-11-5-6-3-2-4-7(15(10,13)14)8(6)9(11)12/h2-4H,5H2,1H3,(H2,10,13,14). The summed E-state index contributed by atoms with van der Waals surface area (Å²) in [5.41, 5.74) is 0.913. The van der Waals surface area contributed by atoms with Crippen LogP contribution in [0.15, 0.2) is 23.1 Å². The summed E-state index contributed by atoms with van der Waals surface area (Å²) in [4.78, 5) is 13.0. The molecule has 0 aromatic heterocycles. The third kappa shape index (κ3) is 1.51. The number of nitrogens with two attached hydrogens (primary N) is 1. The first-order valence-electron chi connectivity index (χ1n) is 4.31. The minimum absolute atomic E-state index is 0.0886. The summed E-state index contributed by atoms with van der Waals surface area (Å²) < 4.78 is 22.5. The first-order valence-corrected chi connectivity index (χ1v) is 5.86. The van der Waals surface area contributed by atoms with Crippen LogP contribution < -0.4 is 5.14 Å². The Balaban J connectivity index is 2.73. The molecule has 0 bridgehead atoms. The highest BCUT2D eigenvalue weighted by Gasteiger charge is 2.30. The van der Waals surface area contributed by atoms with Gasteiger partial charge >= 0.3 is 0 Å². The van der Waals surface area contributed by atoms with E-state index in [0.29, 0.717) is 12.1 Å². The maximum Gasteiger partial charge on any atom is 0.255 e. The molecule has 0 unspecified atom stereocenters. The lowest BCUT2D eigenvalue weighted by Gasteiger charge is -2.06. The zero-order valence-corrected chi connectivity index (χ0v) is 8.91. The van der Waals surface area contributed by atoms with Crippen molar-refractivity contribution in [1.29, 1.82) is 0 Å². The van der Waals surface area contributed by atoms with Crippen molar-refractivity contribution in [2.24, 2.45) is 5.14 Å². The van der Waals surface area contributed by atoms with Gasteiger partial charge < -0.3 is 4.90 Å². The van der Waals surface area contributed by atoms with Gasteiger partial charge in [-0.1, -0.05) is 12.1 Å². The average Bonchev–Trinajstić information content (AvgIpc) is 2.41. The number of carbonyl (C=O) groups excluding carboxylic acids is 1. The smallest absolute Gasteiger partial charge is 0.255 e. The van der Waals surface area contributed by atoms with Crippen LogP contribution in [0.4, 0.5) is 0 Å². The van der Waals surface area contributed by atoms with Crippen molar-refractivity contribution in [2.45, 2.75) is 11.4 Å². The minimum Gasteiger partial charge on any atom is -0.337 e. The second-order valence-electron chi connectivity index (χ2n) is 3.50. The Morgan fingerprint density at radius 3 is 2.67 bits per heavy atom. The fraction of sp³-hybridized carbons (Fsp3) is 0.222. The van der Waals surface area contributed by atoms with Gasteiger partial charge in [-0.2, -0.15) is 0 Å². The Morgan fingerprint density at radius 2 is 2.07 bits per heavy atom. The quantitative estimate of drug-likeness (QED) is 0.727. The van der Waals surface area contributed by atoms with Crippen LogP contribution in [-0.2, 0) is 16.6 Å². The number of carbonyl (C=O) groups is 1. The van der Waals surface area contributed by atoms with Gasteiger partial charge in [-0.3, -0.25) is 4.79 Å². The van der Waals surface area contributed by atoms with E-state index in [1.54, 1.807) is 19.2 Å². The fourth-order valence-corrected chi connectivity index (χ4v) is 2.48. The second kappa shape index (κ2) is 3.04. The number of nitrogens with zero attached hydrogens (tertiary/aromatic N) is 1. The summed E-state index contributed by atoms with van der Waals surface area (Å²) in [5.74, 6) is -0.297. The van der Waals surface area contributed by atoms with Gasteiger partial charge in [-0.05, 0) is 11.6 Å². The summed E-state index contributed by atoms with van der Waals surface area (Å²) >= 11 is 0. The van der Waals surface area contributed by atoms with E-state index < -0.39 is 10.0 Å². The number of amides is 1. The lowest BCUT2D eigenvalue weighted by molar-refractivity contribution is 0.0813. The normalized spacial score (nSPS) is 15.6. The van der Waals surface area contributed by atoms with Gasteiger partial charge in [0.05, 0.1) is 10.5 Å². The van der Waals surface area contributed by atoms with Gasteiger partial charge in [0.15, 0.2) is 0 Å². The highest BCUT2D eigenvalue weighted by molar-refractivity contribution is 7.89. The molecular formula is C9H10N2O3S. The molecule has 0 saturated heterocycles. The molecule has 15 heavy (non-hydrogen) atoms. The van der Waals surface area contributed by atoms with Crippen molar-refractivity contribution < 1.29 is 13.2 Å². The number of hydrogen-bond acceptors (Lipinski definition) is 3. The van der Waals surface area contributed by atoms with Gasteiger partial charge in [-0.25, -0.2) is 13.6 Å². The molecule has 80 valence electrons. The van der Waals surface area contributed by atoms with Crippen LogP contribution in [0.3, 0.4) is 0 Å². The van der Waals surface area contributed by atoms with Crippen LogP contribution in [0.2, 0.25) is 0 Å². The van der Waals surface area contributed by atoms with Gasteiger partial charge in [0.2, 0.25) is 10.0 Å². The molecule has 0 spiro atoms. The fourth-order valence-electron chi connectivity index (χ4n) is 1.71. The van der Waals surface area contributed by atoms with Crippen LogP contribution in [0.25, 0.3) is 0 Å². The number of hydrogen-bond donors (Lipinski definition) is 1. The maximum absolute atomic E-state index is 11.7. The largest absolute Gasteiger partial charge is 0.337 e. The molecule has 2 N–H and O–H groups in total. The molecule has 1 aromatic carbocycles. The summed E-state index contributed by atoms with van der Waals surface area (Å²) in [7, 11) is -2.21. The second-order valence-corrected chi connectivity index (χ2v) is 5.03. The Labute approximate surface area is 87.5 Å². The number of primary sulfonamides is 1. The van der Waals surface area contributed by atoms with Crippen LogP contribution in [0, 0.1) is 0 Å². The van der Waals surface area contributed by atoms with E-state index in [1.807, 2.05) is 0 Å². The van der Waals surface area contributed by atoms with Crippen molar-refractivity contribution in [3.63, 3.8) is 0 Å². The molecule has 0 saturated carbocycles. The predicted molar refractivity (Wildman–Crippen MR) is 53.6 cm³/mol. The maximum atomic E-state index is 11.7.